The Kier molecular flexibility index (Phi) is 5.26. The highest BCUT2D eigenvalue weighted by molar-refractivity contribution is 5.95. The minimum Gasteiger partial charge on any atom is -0.496 e. The Morgan fingerprint density at radius 1 is 1.15 bits per heavy atom. The van der Waals surface area contributed by atoms with Gasteiger partial charge in [0, 0.05) is 17.3 Å². The zero-order valence-corrected chi connectivity index (χ0v) is 14.5. The van der Waals surface area contributed by atoms with Gasteiger partial charge in [0.05, 0.1) is 13.5 Å². The molecule has 2 aromatic carbocycles. The first-order valence-electron chi connectivity index (χ1n) is 8.08. The number of hydrogen-bond acceptors (Lipinski definition) is 6. The van der Waals surface area contributed by atoms with Crippen LogP contribution in [0.5, 0.6) is 17.2 Å². The third kappa shape index (κ3) is 4.05. The standard InChI is InChI=1S/C19H19NO6/c1-12(26-18(21)9-13-5-3-4-6-15(13)23-2)19(22)20-14-7-8-16-17(10-14)25-11-24-16/h3-8,10,12H,9,11H2,1-2H3,(H,20,22)/t12-/m1/s1. The van der Waals surface area contributed by atoms with Gasteiger partial charge in [-0.2, -0.15) is 0 Å². The van der Waals surface area contributed by atoms with E-state index in [4.69, 9.17) is 18.9 Å². The zero-order valence-electron chi connectivity index (χ0n) is 14.5. The molecule has 3 rings (SSSR count). The zero-order chi connectivity index (χ0) is 18.5. The van der Waals surface area contributed by atoms with E-state index in [9.17, 15) is 9.59 Å². The summed E-state index contributed by atoms with van der Waals surface area (Å²) in [5, 5.41) is 2.69. The Balaban J connectivity index is 1.56. The van der Waals surface area contributed by atoms with E-state index in [1.54, 1.807) is 36.4 Å². The number of para-hydroxylation sites is 1. The fourth-order valence-corrected chi connectivity index (χ4v) is 2.52. The molecule has 0 aromatic heterocycles. The Bertz CT molecular complexity index is 819. The van der Waals surface area contributed by atoms with Gasteiger partial charge in [0.25, 0.3) is 5.91 Å². The van der Waals surface area contributed by atoms with Crippen LogP contribution >= 0.6 is 0 Å². The molecule has 0 bridgehead atoms. The monoisotopic (exact) mass is 357 g/mol. The third-order valence-electron chi connectivity index (χ3n) is 3.84. The maximum absolute atomic E-state index is 12.2. The van der Waals surface area contributed by atoms with Crippen LogP contribution in [0.3, 0.4) is 0 Å². The number of methoxy groups -OCH3 is 1. The molecule has 1 heterocycles. The Labute approximate surface area is 150 Å². The second-order valence-corrected chi connectivity index (χ2v) is 5.68. The maximum Gasteiger partial charge on any atom is 0.311 e. The number of ether oxygens (including phenoxy) is 4. The molecular weight excluding hydrogens is 338 g/mol. The quantitative estimate of drug-likeness (QED) is 0.800. The van der Waals surface area contributed by atoms with Crippen LogP contribution in [0.15, 0.2) is 42.5 Å². The molecule has 1 N–H and O–H groups in total. The van der Waals surface area contributed by atoms with Crippen molar-refractivity contribution in [3.63, 3.8) is 0 Å². The molecule has 26 heavy (non-hydrogen) atoms. The van der Waals surface area contributed by atoms with Crippen molar-refractivity contribution in [3.05, 3.63) is 48.0 Å². The number of hydrogen-bond donors (Lipinski definition) is 1. The lowest BCUT2D eigenvalue weighted by molar-refractivity contribution is -0.152. The lowest BCUT2D eigenvalue weighted by Crippen LogP contribution is -2.30. The van der Waals surface area contributed by atoms with Crippen molar-refractivity contribution in [3.8, 4) is 17.2 Å². The summed E-state index contributed by atoms with van der Waals surface area (Å²) in [6.07, 6.45) is -0.923. The molecule has 1 atom stereocenters. The third-order valence-corrected chi connectivity index (χ3v) is 3.84. The number of nitrogens with one attached hydrogen (secondary N) is 1. The summed E-state index contributed by atoms with van der Waals surface area (Å²) in [4.78, 5) is 24.3. The molecule has 0 saturated carbocycles. The molecule has 7 nitrogen and oxygen atoms in total. The van der Waals surface area contributed by atoms with Gasteiger partial charge in [-0.1, -0.05) is 18.2 Å². The van der Waals surface area contributed by atoms with E-state index in [-0.39, 0.29) is 13.2 Å². The first-order chi connectivity index (χ1) is 12.6. The van der Waals surface area contributed by atoms with E-state index in [0.29, 0.717) is 28.5 Å². The van der Waals surface area contributed by atoms with E-state index in [2.05, 4.69) is 5.32 Å². The molecular formula is C19H19NO6. The highest BCUT2D eigenvalue weighted by atomic mass is 16.7. The summed E-state index contributed by atoms with van der Waals surface area (Å²) in [6.45, 7) is 1.67. The number of fused-ring (bicyclic) bond motifs is 1. The van der Waals surface area contributed by atoms with Gasteiger partial charge in [-0.15, -0.1) is 0 Å². The van der Waals surface area contributed by atoms with Crippen molar-refractivity contribution in [2.45, 2.75) is 19.4 Å². The predicted octanol–water partition coefficient (Wildman–Crippen LogP) is 2.54. The van der Waals surface area contributed by atoms with Crippen molar-refractivity contribution in [1.82, 2.24) is 0 Å². The van der Waals surface area contributed by atoms with E-state index in [1.807, 2.05) is 6.07 Å². The topological polar surface area (TPSA) is 83.1 Å². The van der Waals surface area contributed by atoms with Crippen molar-refractivity contribution < 1.29 is 28.5 Å². The van der Waals surface area contributed by atoms with Gasteiger partial charge in [0.2, 0.25) is 6.79 Å². The summed E-state index contributed by atoms with van der Waals surface area (Å²) >= 11 is 0. The average Bonchev–Trinajstić information content (AvgIpc) is 3.09. The van der Waals surface area contributed by atoms with Crippen LogP contribution in [0, 0.1) is 0 Å². The normalized spacial score (nSPS) is 13.0. The van der Waals surface area contributed by atoms with Gasteiger partial charge in [-0.3, -0.25) is 9.59 Å². The highest BCUT2D eigenvalue weighted by Gasteiger charge is 2.20. The maximum atomic E-state index is 12.2. The van der Waals surface area contributed by atoms with Gasteiger partial charge < -0.3 is 24.3 Å². The number of carbonyl (C=O) groups excluding carboxylic acids is 2. The van der Waals surface area contributed by atoms with Crippen LogP contribution in [0.25, 0.3) is 0 Å². The van der Waals surface area contributed by atoms with Gasteiger partial charge in [-0.25, -0.2) is 0 Å². The van der Waals surface area contributed by atoms with Crippen LogP contribution in [0.1, 0.15) is 12.5 Å². The van der Waals surface area contributed by atoms with Crippen LogP contribution in [0.4, 0.5) is 5.69 Å². The fourth-order valence-electron chi connectivity index (χ4n) is 2.52. The minimum absolute atomic E-state index is 0.0195. The van der Waals surface area contributed by atoms with Crippen molar-refractivity contribution in [2.24, 2.45) is 0 Å². The number of amides is 1. The lowest BCUT2D eigenvalue weighted by atomic mass is 10.1. The molecule has 0 fully saturated rings. The van der Waals surface area contributed by atoms with Crippen LogP contribution < -0.4 is 19.5 Å². The SMILES string of the molecule is COc1ccccc1CC(=O)O[C@H](C)C(=O)Nc1ccc2c(c1)OCO2. The summed E-state index contributed by atoms with van der Waals surface area (Å²) in [6, 6.07) is 12.2. The summed E-state index contributed by atoms with van der Waals surface area (Å²) in [5.74, 6) is 0.838. The summed E-state index contributed by atoms with van der Waals surface area (Å²) in [7, 11) is 1.53. The first kappa shape index (κ1) is 17.6. The molecule has 7 heteroatoms. The van der Waals surface area contributed by atoms with E-state index < -0.39 is 18.0 Å². The van der Waals surface area contributed by atoms with Crippen LogP contribution in [-0.4, -0.2) is 31.9 Å². The molecule has 0 aliphatic carbocycles. The molecule has 0 unspecified atom stereocenters. The second-order valence-electron chi connectivity index (χ2n) is 5.68. The van der Waals surface area contributed by atoms with Gasteiger partial charge in [0.15, 0.2) is 17.6 Å². The summed E-state index contributed by atoms with van der Waals surface area (Å²) < 4.78 is 20.9. The number of anilines is 1. The van der Waals surface area contributed by atoms with Gasteiger partial charge >= 0.3 is 5.97 Å². The number of carbonyl (C=O) groups is 2. The number of rotatable bonds is 6. The number of esters is 1. The van der Waals surface area contributed by atoms with Gasteiger partial charge in [-0.05, 0) is 25.1 Å². The fraction of sp³-hybridized carbons (Fsp3) is 0.263. The van der Waals surface area contributed by atoms with Crippen LogP contribution in [0.2, 0.25) is 0 Å². The molecule has 0 saturated heterocycles. The molecule has 0 spiro atoms. The van der Waals surface area contributed by atoms with Gasteiger partial charge in [0.1, 0.15) is 5.75 Å². The molecule has 136 valence electrons. The Morgan fingerprint density at radius 3 is 2.73 bits per heavy atom. The first-order valence-corrected chi connectivity index (χ1v) is 8.08. The van der Waals surface area contributed by atoms with Crippen LogP contribution in [-0.2, 0) is 20.7 Å². The van der Waals surface area contributed by atoms with Crippen molar-refractivity contribution in [1.29, 1.82) is 0 Å². The van der Waals surface area contributed by atoms with E-state index in [0.717, 1.165) is 0 Å². The molecule has 1 aliphatic heterocycles. The molecule has 1 aliphatic rings. The minimum atomic E-state index is -0.942. The molecule has 0 radical (unpaired) electrons. The summed E-state index contributed by atoms with van der Waals surface area (Å²) in [5.41, 5.74) is 1.23. The van der Waals surface area contributed by atoms with Crippen molar-refractivity contribution >= 4 is 17.6 Å². The number of benzene rings is 2. The smallest absolute Gasteiger partial charge is 0.311 e. The largest absolute Gasteiger partial charge is 0.496 e. The second kappa shape index (κ2) is 7.77. The molecule has 2 aromatic rings. The molecule has 1 amide bonds. The highest BCUT2D eigenvalue weighted by Crippen LogP contribution is 2.34. The Morgan fingerprint density at radius 2 is 1.92 bits per heavy atom. The predicted molar refractivity (Wildman–Crippen MR) is 93.4 cm³/mol. The Hall–Kier alpha value is -3.22. The van der Waals surface area contributed by atoms with Crippen molar-refractivity contribution in [2.75, 3.05) is 19.2 Å². The van der Waals surface area contributed by atoms with E-state index in [1.165, 1.54) is 14.0 Å². The average molecular weight is 357 g/mol. The van der Waals surface area contributed by atoms with E-state index >= 15 is 0 Å². The lowest BCUT2D eigenvalue weighted by Gasteiger charge is -2.14.